The summed E-state index contributed by atoms with van der Waals surface area (Å²) < 4.78 is 0. The third-order valence-electron chi connectivity index (χ3n) is 4.80. The maximum absolute atomic E-state index is 12.3. The van der Waals surface area contributed by atoms with Crippen LogP contribution in [-0.4, -0.2) is 27.4 Å². The Morgan fingerprint density at radius 3 is 2.72 bits per heavy atom. The quantitative estimate of drug-likeness (QED) is 0.451. The smallest absolute Gasteiger partial charge is 0.254 e. The minimum atomic E-state index is -0.171. The van der Waals surface area contributed by atoms with Crippen molar-refractivity contribution in [2.45, 2.75) is 19.9 Å². The van der Waals surface area contributed by atoms with E-state index in [0.29, 0.717) is 24.6 Å². The van der Waals surface area contributed by atoms with Gasteiger partial charge in [-0.05, 0) is 30.5 Å². The average Bonchev–Trinajstić information content (AvgIpc) is 3.16. The molecule has 0 aliphatic rings. The molecule has 0 radical (unpaired) electrons. The number of para-hydroxylation sites is 1. The monoisotopic (exact) mass is 385 g/mol. The fourth-order valence-corrected chi connectivity index (χ4v) is 3.29. The maximum atomic E-state index is 12.3. The zero-order valence-electron chi connectivity index (χ0n) is 16.3. The zero-order chi connectivity index (χ0) is 20.1. The highest BCUT2D eigenvalue weighted by molar-refractivity contribution is 5.93. The van der Waals surface area contributed by atoms with E-state index < -0.39 is 0 Å². The summed E-state index contributed by atoms with van der Waals surface area (Å²) in [6, 6.07) is 16.4. The Balaban J connectivity index is 1.28. The Labute approximate surface area is 169 Å². The molecule has 29 heavy (non-hydrogen) atoms. The van der Waals surface area contributed by atoms with Crippen LogP contribution >= 0.6 is 0 Å². The van der Waals surface area contributed by atoms with Gasteiger partial charge < -0.3 is 15.6 Å². The van der Waals surface area contributed by atoms with Crippen LogP contribution in [0, 0.1) is 6.92 Å². The van der Waals surface area contributed by atoms with Crippen LogP contribution in [0.2, 0.25) is 0 Å². The van der Waals surface area contributed by atoms with Gasteiger partial charge in [-0.3, -0.25) is 4.79 Å². The number of fused-ring (bicyclic) bond motifs is 1. The number of H-pyrrole nitrogens is 1. The van der Waals surface area contributed by atoms with Crippen molar-refractivity contribution in [1.29, 1.82) is 0 Å². The van der Waals surface area contributed by atoms with E-state index in [-0.39, 0.29) is 5.91 Å². The normalized spacial score (nSPS) is 10.8. The van der Waals surface area contributed by atoms with Crippen molar-refractivity contribution in [2.75, 3.05) is 11.9 Å². The second-order valence-electron chi connectivity index (χ2n) is 7.00. The molecule has 0 saturated heterocycles. The number of anilines is 1. The molecule has 0 fully saturated rings. The number of hydrogen-bond acceptors (Lipinski definition) is 4. The summed E-state index contributed by atoms with van der Waals surface area (Å²) in [5.41, 5.74) is 5.12. The summed E-state index contributed by atoms with van der Waals surface area (Å²) in [7, 11) is 0. The SMILES string of the molecule is Cc1cccc(CNc2ncc(C(=O)NCCc3c[nH]c4ccccc34)cn2)c1. The van der Waals surface area contributed by atoms with Crippen LogP contribution in [0.1, 0.15) is 27.0 Å². The summed E-state index contributed by atoms with van der Waals surface area (Å²) in [6.45, 7) is 3.25. The van der Waals surface area contributed by atoms with Gasteiger partial charge in [0.1, 0.15) is 0 Å². The largest absolute Gasteiger partial charge is 0.361 e. The predicted octanol–water partition coefficient (Wildman–Crippen LogP) is 3.85. The second-order valence-corrected chi connectivity index (χ2v) is 7.00. The summed E-state index contributed by atoms with van der Waals surface area (Å²) in [4.78, 5) is 24.1. The number of rotatable bonds is 7. The van der Waals surface area contributed by atoms with E-state index in [1.807, 2.05) is 30.5 Å². The Bertz CT molecular complexity index is 1120. The van der Waals surface area contributed by atoms with E-state index in [2.05, 4.69) is 56.8 Å². The zero-order valence-corrected chi connectivity index (χ0v) is 16.3. The Hall–Kier alpha value is -3.67. The van der Waals surface area contributed by atoms with E-state index in [1.54, 1.807) is 12.4 Å². The molecule has 2 heterocycles. The number of carbonyl (C=O) groups is 1. The van der Waals surface area contributed by atoms with Crippen LogP contribution in [0.4, 0.5) is 5.95 Å². The number of aryl methyl sites for hydroxylation is 1. The third kappa shape index (κ3) is 4.60. The van der Waals surface area contributed by atoms with Crippen molar-refractivity contribution in [2.24, 2.45) is 0 Å². The van der Waals surface area contributed by atoms with Gasteiger partial charge in [-0.2, -0.15) is 0 Å². The summed E-state index contributed by atoms with van der Waals surface area (Å²) in [5, 5.41) is 7.30. The number of benzene rings is 2. The van der Waals surface area contributed by atoms with Crippen LogP contribution in [0.3, 0.4) is 0 Å². The van der Waals surface area contributed by atoms with Gasteiger partial charge in [0.05, 0.1) is 5.56 Å². The molecule has 0 spiro atoms. The molecule has 0 bridgehead atoms. The number of nitrogens with zero attached hydrogens (tertiary/aromatic N) is 2. The Morgan fingerprint density at radius 2 is 1.90 bits per heavy atom. The van der Waals surface area contributed by atoms with Gasteiger partial charge in [-0.15, -0.1) is 0 Å². The lowest BCUT2D eigenvalue weighted by Crippen LogP contribution is -2.26. The molecule has 0 aliphatic heterocycles. The van der Waals surface area contributed by atoms with Crippen LogP contribution in [0.25, 0.3) is 10.9 Å². The third-order valence-corrected chi connectivity index (χ3v) is 4.80. The minimum Gasteiger partial charge on any atom is -0.361 e. The van der Waals surface area contributed by atoms with E-state index in [4.69, 9.17) is 0 Å². The first-order chi connectivity index (χ1) is 14.2. The van der Waals surface area contributed by atoms with Gasteiger partial charge >= 0.3 is 0 Å². The van der Waals surface area contributed by atoms with Crippen LogP contribution < -0.4 is 10.6 Å². The fourth-order valence-electron chi connectivity index (χ4n) is 3.29. The number of carbonyl (C=O) groups excluding carboxylic acids is 1. The highest BCUT2D eigenvalue weighted by Crippen LogP contribution is 2.17. The second kappa shape index (κ2) is 8.56. The molecule has 2 aromatic heterocycles. The van der Waals surface area contributed by atoms with Crippen molar-refractivity contribution in [3.8, 4) is 0 Å². The van der Waals surface area contributed by atoms with Gasteiger partial charge in [0.15, 0.2) is 0 Å². The molecular formula is C23H23N5O. The average molecular weight is 385 g/mol. The Morgan fingerprint density at radius 1 is 1.07 bits per heavy atom. The molecule has 0 saturated carbocycles. The summed E-state index contributed by atoms with van der Waals surface area (Å²) >= 11 is 0. The first-order valence-corrected chi connectivity index (χ1v) is 9.64. The molecule has 4 rings (SSSR count). The topological polar surface area (TPSA) is 82.7 Å². The van der Waals surface area contributed by atoms with Crippen LogP contribution in [0.5, 0.6) is 0 Å². The predicted molar refractivity (Wildman–Crippen MR) is 115 cm³/mol. The van der Waals surface area contributed by atoms with Crippen molar-refractivity contribution in [3.63, 3.8) is 0 Å². The number of nitrogens with one attached hydrogen (secondary N) is 3. The molecule has 0 atom stereocenters. The van der Waals surface area contributed by atoms with E-state index in [1.165, 1.54) is 16.5 Å². The summed E-state index contributed by atoms with van der Waals surface area (Å²) in [6.07, 6.45) is 5.85. The van der Waals surface area contributed by atoms with E-state index in [9.17, 15) is 4.79 Å². The standard InChI is InChI=1S/C23H23N5O/c1-16-5-4-6-17(11-16)12-26-23-27-14-19(15-28-23)22(29)24-10-9-18-13-25-21-8-3-2-7-20(18)21/h2-8,11,13-15,25H,9-10,12H2,1H3,(H,24,29)(H,26,27,28). The maximum Gasteiger partial charge on any atom is 0.254 e. The number of aromatic amines is 1. The Kier molecular flexibility index (Phi) is 5.52. The van der Waals surface area contributed by atoms with Crippen molar-refractivity contribution < 1.29 is 4.79 Å². The van der Waals surface area contributed by atoms with Crippen LogP contribution in [-0.2, 0) is 13.0 Å². The van der Waals surface area contributed by atoms with Gasteiger partial charge in [0, 0.05) is 42.6 Å². The highest BCUT2D eigenvalue weighted by atomic mass is 16.1. The van der Waals surface area contributed by atoms with Gasteiger partial charge in [-0.25, -0.2) is 9.97 Å². The molecule has 0 unspecified atom stereocenters. The number of aromatic nitrogens is 3. The van der Waals surface area contributed by atoms with E-state index >= 15 is 0 Å². The van der Waals surface area contributed by atoms with Gasteiger partial charge in [-0.1, -0.05) is 48.0 Å². The first-order valence-electron chi connectivity index (χ1n) is 9.64. The van der Waals surface area contributed by atoms with Crippen molar-refractivity contribution in [1.82, 2.24) is 20.3 Å². The lowest BCUT2D eigenvalue weighted by atomic mass is 10.1. The highest BCUT2D eigenvalue weighted by Gasteiger charge is 2.08. The number of hydrogen-bond donors (Lipinski definition) is 3. The molecule has 4 aromatic rings. The van der Waals surface area contributed by atoms with Crippen molar-refractivity contribution >= 4 is 22.8 Å². The molecule has 1 amide bonds. The minimum absolute atomic E-state index is 0.171. The molecule has 0 aliphatic carbocycles. The number of amides is 1. The lowest BCUT2D eigenvalue weighted by molar-refractivity contribution is 0.0953. The lowest BCUT2D eigenvalue weighted by Gasteiger charge is -2.07. The van der Waals surface area contributed by atoms with Gasteiger partial charge in [0.25, 0.3) is 5.91 Å². The molecule has 3 N–H and O–H groups in total. The molecule has 146 valence electrons. The van der Waals surface area contributed by atoms with Crippen molar-refractivity contribution in [3.05, 3.63) is 89.4 Å². The fraction of sp³-hybridized carbons (Fsp3) is 0.174. The van der Waals surface area contributed by atoms with E-state index in [0.717, 1.165) is 17.5 Å². The molecule has 6 heteroatoms. The molecular weight excluding hydrogens is 362 g/mol. The first kappa shape index (κ1) is 18.7. The molecule has 6 nitrogen and oxygen atoms in total. The summed E-state index contributed by atoms with van der Waals surface area (Å²) in [5.74, 6) is 0.330. The van der Waals surface area contributed by atoms with Crippen LogP contribution in [0.15, 0.2) is 67.1 Å². The molecule has 2 aromatic carbocycles. The van der Waals surface area contributed by atoms with Gasteiger partial charge in [0.2, 0.25) is 5.95 Å².